The Hall–Kier alpha value is -1.91. The maximum Gasteiger partial charge on any atom is 0.159 e. The Labute approximate surface area is 101 Å². The van der Waals surface area contributed by atoms with Crippen molar-refractivity contribution in [3.8, 4) is 5.82 Å². The Morgan fingerprint density at radius 3 is 2.47 bits per heavy atom. The van der Waals surface area contributed by atoms with Gasteiger partial charge < -0.3 is 5.73 Å². The highest BCUT2D eigenvalue weighted by Crippen LogP contribution is 2.20. The lowest BCUT2D eigenvalue weighted by Gasteiger charge is -2.17. The van der Waals surface area contributed by atoms with Crippen LogP contribution in [0.4, 0.5) is 5.82 Å². The van der Waals surface area contributed by atoms with Gasteiger partial charge in [0.2, 0.25) is 0 Å². The number of aryl methyl sites for hydroxylation is 1. The molecular formula is C12H17N5. The van der Waals surface area contributed by atoms with Crippen LogP contribution in [0, 0.1) is 6.92 Å². The van der Waals surface area contributed by atoms with Crippen LogP contribution in [0.1, 0.15) is 32.3 Å². The van der Waals surface area contributed by atoms with Gasteiger partial charge in [-0.1, -0.05) is 20.8 Å². The van der Waals surface area contributed by atoms with Crippen LogP contribution in [0.5, 0.6) is 0 Å². The van der Waals surface area contributed by atoms with Gasteiger partial charge in [0.25, 0.3) is 0 Å². The molecule has 5 nitrogen and oxygen atoms in total. The summed E-state index contributed by atoms with van der Waals surface area (Å²) in [6, 6.07) is 3.65. The van der Waals surface area contributed by atoms with Crippen LogP contribution in [-0.4, -0.2) is 19.7 Å². The number of nitrogens with two attached hydrogens (primary N) is 1. The van der Waals surface area contributed by atoms with Gasteiger partial charge in [-0.2, -0.15) is 5.10 Å². The molecule has 2 heterocycles. The largest absolute Gasteiger partial charge is 0.384 e. The lowest BCUT2D eigenvalue weighted by atomic mass is 9.96. The molecule has 0 unspecified atom stereocenters. The highest BCUT2D eigenvalue weighted by Gasteiger charge is 2.19. The molecule has 90 valence electrons. The Morgan fingerprint density at radius 2 is 1.94 bits per heavy atom. The molecule has 2 rings (SSSR count). The zero-order valence-corrected chi connectivity index (χ0v) is 10.6. The van der Waals surface area contributed by atoms with E-state index in [1.807, 2.05) is 19.2 Å². The van der Waals surface area contributed by atoms with Gasteiger partial charge in [-0.3, -0.25) is 0 Å². The molecule has 5 heteroatoms. The van der Waals surface area contributed by atoms with E-state index >= 15 is 0 Å². The minimum atomic E-state index is -0.133. The molecule has 2 aromatic heterocycles. The molecule has 0 radical (unpaired) electrons. The molecule has 17 heavy (non-hydrogen) atoms. The SMILES string of the molecule is Cc1ccn(-c2cc(N)nc(C(C)(C)C)n2)n1. The summed E-state index contributed by atoms with van der Waals surface area (Å²) in [5.41, 5.74) is 6.62. The molecule has 0 bridgehead atoms. The van der Waals surface area contributed by atoms with Crippen molar-refractivity contribution in [2.24, 2.45) is 0 Å². The van der Waals surface area contributed by atoms with Crippen molar-refractivity contribution in [3.63, 3.8) is 0 Å². The lowest BCUT2D eigenvalue weighted by molar-refractivity contribution is 0.543. The molecular weight excluding hydrogens is 214 g/mol. The van der Waals surface area contributed by atoms with Gasteiger partial charge in [0.1, 0.15) is 11.6 Å². The molecule has 0 aliphatic carbocycles. The average Bonchev–Trinajstić information content (AvgIpc) is 2.62. The van der Waals surface area contributed by atoms with Gasteiger partial charge in [-0.25, -0.2) is 14.6 Å². The number of rotatable bonds is 1. The molecule has 2 aromatic rings. The molecule has 0 aliphatic heterocycles. The topological polar surface area (TPSA) is 69.6 Å². The van der Waals surface area contributed by atoms with Crippen molar-refractivity contribution in [1.29, 1.82) is 0 Å². The summed E-state index contributed by atoms with van der Waals surface area (Å²) < 4.78 is 1.71. The van der Waals surface area contributed by atoms with E-state index in [1.165, 1.54) is 0 Å². The summed E-state index contributed by atoms with van der Waals surface area (Å²) >= 11 is 0. The average molecular weight is 231 g/mol. The Kier molecular flexibility index (Phi) is 2.61. The molecule has 0 amide bonds. The normalized spacial score (nSPS) is 11.8. The molecule has 0 spiro atoms. The number of hydrogen-bond donors (Lipinski definition) is 1. The second kappa shape index (κ2) is 3.84. The van der Waals surface area contributed by atoms with E-state index in [-0.39, 0.29) is 5.41 Å². The van der Waals surface area contributed by atoms with E-state index in [4.69, 9.17) is 5.73 Å². The van der Waals surface area contributed by atoms with E-state index in [0.717, 1.165) is 11.5 Å². The van der Waals surface area contributed by atoms with Crippen LogP contribution in [0.25, 0.3) is 5.82 Å². The Morgan fingerprint density at radius 1 is 1.24 bits per heavy atom. The van der Waals surface area contributed by atoms with Gasteiger partial charge in [-0.15, -0.1) is 0 Å². The number of hydrogen-bond acceptors (Lipinski definition) is 4. The highest BCUT2D eigenvalue weighted by atomic mass is 15.3. The lowest BCUT2D eigenvalue weighted by Crippen LogP contribution is -2.18. The first-order chi connectivity index (χ1) is 7.86. The van der Waals surface area contributed by atoms with E-state index in [2.05, 4.69) is 35.8 Å². The Balaban J connectivity index is 2.52. The summed E-state index contributed by atoms with van der Waals surface area (Å²) in [5, 5.41) is 4.32. The van der Waals surface area contributed by atoms with Gasteiger partial charge in [-0.05, 0) is 13.0 Å². The molecule has 0 saturated carbocycles. The molecule has 2 N–H and O–H groups in total. The molecule has 0 aliphatic rings. The summed E-state index contributed by atoms with van der Waals surface area (Å²) in [5.74, 6) is 1.89. The number of nitrogen functional groups attached to an aromatic ring is 1. The second-order valence-electron chi connectivity index (χ2n) is 5.13. The van der Waals surface area contributed by atoms with E-state index in [1.54, 1.807) is 10.7 Å². The quantitative estimate of drug-likeness (QED) is 0.813. The predicted molar refractivity (Wildman–Crippen MR) is 67.0 cm³/mol. The van der Waals surface area contributed by atoms with E-state index < -0.39 is 0 Å². The predicted octanol–water partition coefficient (Wildman–Crippen LogP) is 1.85. The smallest absolute Gasteiger partial charge is 0.159 e. The fourth-order valence-corrected chi connectivity index (χ4v) is 1.45. The van der Waals surface area contributed by atoms with E-state index in [0.29, 0.717) is 11.6 Å². The van der Waals surface area contributed by atoms with Crippen molar-refractivity contribution in [1.82, 2.24) is 19.7 Å². The third-order valence-electron chi connectivity index (χ3n) is 2.36. The fraction of sp³-hybridized carbons (Fsp3) is 0.417. The summed E-state index contributed by atoms with van der Waals surface area (Å²) in [6.07, 6.45) is 1.86. The second-order valence-corrected chi connectivity index (χ2v) is 5.13. The van der Waals surface area contributed by atoms with Gasteiger partial charge >= 0.3 is 0 Å². The molecule has 0 saturated heterocycles. The summed E-state index contributed by atoms with van der Waals surface area (Å²) in [4.78, 5) is 8.76. The van der Waals surface area contributed by atoms with Crippen molar-refractivity contribution in [2.45, 2.75) is 33.1 Å². The first kappa shape index (κ1) is 11.6. The zero-order valence-electron chi connectivity index (χ0n) is 10.6. The van der Waals surface area contributed by atoms with Crippen LogP contribution in [0.3, 0.4) is 0 Å². The van der Waals surface area contributed by atoms with Gasteiger partial charge in [0.15, 0.2) is 5.82 Å². The standard InChI is InChI=1S/C12H17N5/c1-8-5-6-17(16-8)10-7-9(13)14-11(15-10)12(2,3)4/h5-7H,1-4H3,(H2,13,14,15). The number of anilines is 1. The van der Waals surface area contributed by atoms with Crippen LogP contribution in [0.15, 0.2) is 18.3 Å². The van der Waals surface area contributed by atoms with Crippen molar-refractivity contribution < 1.29 is 0 Å². The van der Waals surface area contributed by atoms with Gasteiger partial charge in [0.05, 0.1) is 5.69 Å². The minimum absolute atomic E-state index is 0.133. The van der Waals surface area contributed by atoms with Crippen molar-refractivity contribution in [3.05, 3.63) is 29.8 Å². The maximum absolute atomic E-state index is 5.81. The first-order valence-electron chi connectivity index (χ1n) is 5.54. The monoisotopic (exact) mass is 231 g/mol. The van der Waals surface area contributed by atoms with Gasteiger partial charge in [0, 0.05) is 17.7 Å². The Bertz CT molecular complexity index is 536. The molecule has 0 atom stereocenters. The highest BCUT2D eigenvalue weighted by molar-refractivity contribution is 5.38. The van der Waals surface area contributed by atoms with Crippen LogP contribution < -0.4 is 5.73 Å². The zero-order chi connectivity index (χ0) is 12.6. The van der Waals surface area contributed by atoms with Crippen LogP contribution in [-0.2, 0) is 5.41 Å². The number of nitrogens with zero attached hydrogens (tertiary/aromatic N) is 4. The van der Waals surface area contributed by atoms with E-state index in [9.17, 15) is 0 Å². The minimum Gasteiger partial charge on any atom is -0.384 e. The molecule has 0 fully saturated rings. The van der Waals surface area contributed by atoms with Crippen LogP contribution in [0.2, 0.25) is 0 Å². The summed E-state index contributed by atoms with van der Waals surface area (Å²) in [7, 11) is 0. The molecule has 0 aromatic carbocycles. The number of aromatic nitrogens is 4. The van der Waals surface area contributed by atoms with Crippen molar-refractivity contribution >= 4 is 5.82 Å². The summed E-state index contributed by atoms with van der Waals surface area (Å²) in [6.45, 7) is 8.10. The van der Waals surface area contributed by atoms with Crippen molar-refractivity contribution in [2.75, 3.05) is 5.73 Å². The fourth-order valence-electron chi connectivity index (χ4n) is 1.45. The third kappa shape index (κ3) is 2.43. The first-order valence-corrected chi connectivity index (χ1v) is 5.54. The van der Waals surface area contributed by atoms with Crippen LogP contribution >= 0.6 is 0 Å². The maximum atomic E-state index is 5.81. The third-order valence-corrected chi connectivity index (χ3v) is 2.36.